The van der Waals surface area contributed by atoms with Crippen LogP contribution in [0.1, 0.15) is 16.7 Å². The topological polar surface area (TPSA) is 75.5 Å². The second-order valence-electron chi connectivity index (χ2n) is 5.05. The van der Waals surface area contributed by atoms with Gasteiger partial charge in [0.15, 0.2) is 0 Å². The highest BCUT2D eigenvalue weighted by molar-refractivity contribution is 5.85. The first kappa shape index (κ1) is 14.4. The van der Waals surface area contributed by atoms with Crippen LogP contribution in [0.5, 0.6) is 11.6 Å². The van der Waals surface area contributed by atoms with Gasteiger partial charge in [-0.15, -0.1) is 0 Å². The van der Waals surface area contributed by atoms with Crippen molar-refractivity contribution in [1.82, 2.24) is 9.97 Å². The lowest BCUT2D eigenvalue weighted by molar-refractivity contribution is 0.260. The number of aromatic nitrogens is 2. The Kier molecular flexibility index (Phi) is 4.00. The van der Waals surface area contributed by atoms with E-state index < -0.39 is 0 Å². The van der Waals surface area contributed by atoms with Gasteiger partial charge in [0.05, 0.1) is 24.1 Å². The van der Waals surface area contributed by atoms with Crippen LogP contribution in [0.15, 0.2) is 42.7 Å². The number of hydrogen-bond acceptors (Lipinski definition) is 5. The number of fused-ring (bicyclic) bond motifs is 1. The molecule has 1 aromatic heterocycles. The molecule has 2 N–H and O–H groups in total. The van der Waals surface area contributed by atoms with Gasteiger partial charge in [-0.2, -0.15) is 0 Å². The first-order chi connectivity index (χ1) is 10.7. The Hall–Kier alpha value is -2.50. The van der Waals surface area contributed by atoms with E-state index in [9.17, 15) is 10.2 Å². The predicted octanol–water partition coefficient (Wildman–Crippen LogP) is 2.72. The lowest BCUT2D eigenvalue weighted by atomic mass is 10.1. The first-order valence-electron chi connectivity index (χ1n) is 6.94. The fourth-order valence-electron chi connectivity index (χ4n) is 2.33. The minimum Gasteiger partial charge on any atom is -0.438 e. The van der Waals surface area contributed by atoms with Crippen molar-refractivity contribution in [3.8, 4) is 11.6 Å². The Morgan fingerprint density at radius 1 is 1.00 bits per heavy atom. The Bertz CT molecular complexity index is 818. The molecule has 0 fully saturated rings. The van der Waals surface area contributed by atoms with Gasteiger partial charge in [-0.1, -0.05) is 12.1 Å². The van der Waals surface area contributed by atoms with Crippen molar-refractivity contribution in [2.24, 2.45) is 0 Å². The molecule has 0 saturated heterocycles. The van der Waals surface area contributed by atoms with Gasteiger partial charge < -0.3 is 14.9 Å². The number of aliphatic hydroxyl groups excluding tert-OH is 2. The largest absolute Gasteiger partial charge is 0.438 e. The van der Waals surface area contributed by atoms with Gasteiger partial charge in [-0.25, -0.2) is 9.97 Å². The van der Waals surface area contributed by atoms with E-state index in [1.54, 1.807) is 12.1 Å². The van der Waals surface area contributed by atoms with Crippen LogP contribution in [0.2, 0.25) is 0 Å². The van der Waals surface area contributed by atoms with Crippen LogP contribution >= 0.6 is 0 Å². The number of hydrogen-bond donors (Lipinski definition) is 2. The molecule has 0 aliphatic rings. The molecule has 5 heteroatoms. The molecular weight excluding hydrogens is 280 g/mol. The zero-order valence-electron chi connectivity index (χ0n) is 12.2. The minimum atomic E-state index is -0.162. The van der Waals surface area contributed by atoms with E-state index in [0.717, 1.165) is 5.56 Å². The van der Waals surface area contributed by atoms with Crippen molar-refractivity contribution in [1.29, 1.82) is 0 Å². The molecule has 3 aromatic rings. The summed E-state index contributed by atoms with van der Waals surface area (Å²) in [7, 11) is 0. The van der Waals surface area contributed by atoms with Gasteiger partial charge in [0.25, 0.3) is 0 Å². The molecule has 0 saturated carbocycles. The van der Waals surface area contributed by atoms with Crippen molar-refractivity contribution in [2.75, 3.05) is 0 Å². The van der Waals surface area contributed by atoms with Crippen molar-refractivity contribution in [2.45, 2.75) is 20.1 Å². The Labute approximate surface area is 127 Å². The fraction of sp³-hybridized carbons (Fsp3) is 0.176. The van der Waals surface area contributed by atoms with Crippen LogP contribution in [0, 0.1) is 6.92 Å². The molecule has 2 aromatic carbocycles. The molecule has 112 valence electrons. The average molecular weight is 296 g/mol. The summed E-state index contributed by atoms with van der Waals surface area (Å²) in [6, 6.07) is 11.2. The highest BCUT2D eigenvalue weighted by Gasteiger charge is 2.10. The summed E-state index contributed by atoms with van der Waals surface area (Å²) < 4.78 is 5.85. The summed E-state index contributed by atoms with van der Waals surface area (Å²) in [6.07, 6.45) is 1.42. The fourth-order valence-corrected chi connectivity index (χ4v) is 2.33. The monoisotopic (exact) mass is 296 g/mol. The van der Waals surface area contributed by atoms with Gasteiger partial charge in [-0.05, 0) is 47.9 Å². The van der Waals surface area contributed by atoms with E-state index in [-0.39, 0.29) is 13.2 Å². The van der Waals surface area contributed by atoms with Crippen LogP contribution in [-0.2, 0) is 13.2 Å². The molecule has 0 spiro atoms. The van der Waals surface area contributed by atoms with Crippen molar-refractivity contribution < 1.29 is 14.9 Å². The predicted molar refractivity (Wildman–Crippen MR) is 82.6 cm³/mol. The molecule has 0 amide bonds. The molecule has 0 aliphatic heterocycles. The summed E-state index contributed by atoms with van der Waals surface area (Å²) in [5.41, 5.74) is 3.04. The third-order valence-corrected chi connectivity index (χ3v) is 3.46. The SMILES string of the molecule is Cc1cccc(Oc2ncnc3cc(CO)c(CO)cc23)c1. The summed E-state index contributed by atoms with van der Waals surface area (Å²) in [6.45, 7) is 1.68. The average Bonchev–Trinajstić information content (AvgIpc) is 2.54. The number of nitrogens with zero attached hydrogens (tertiary/aromatic N) is 2. The standard InChI is InChI=1S/C17H16N2O3/c1-11-3-2-4-14(5-11)22-17-15-6-12(8-20)13(9-21)7-16(15)18-10-19-17/h2-7,10,20-21H,8-9H2,1H3. The highest BCUT2D eigenvalue weighted by atomic mass is 16.5. The molecule has 1 heterocycles. The van der Waals surface area contributed by atoms with Crippen molar-refractivity contribution in [3.63, 3.8) is 0 Å². The number of benzene rings is 2. The molecule has 0 radical (unpaired) electrons. The molecule has 3 rings (SSSR count). The number of rotatable bonds is 4. The van der Waals surface area contributed by atoms with Gasteiger partial charge in [-0.3, -0.25) is 0 Å². The smallest absolute Gasteiger partial charge is 0.230 e. The maximum atomic E-state index is 9.43. The molecule has 5 nitrogen and oxygen atoms in total. The van der Waals surface area contributed by atoms with E-state index in [1.807, 2.05) is 31.2 Å². The van der Waals surface area contributed by atoms with Gasteiger partial charge >= 0.3 is 0 Å². The maximum Gasteiger partial charge on any atom is 0.230 e. The minimum absolute atomic E-state index is 0.149. The van der Waals surface area contributed by atoms with Gasteiger partial charge in [0.2, 0.25) is 5.88 Å². The zero-order chi connectivity index (χ0) is 15.5. The maximum absolute atomic E-state index is 9.43. The quantitative estimate of drug-likeness (QED) is 0.774. The van der Waals surface area contributed by atoms with E-state index in [1.165, 1.54) is 6.33 Å². The molecule has 0 unspecified atom stereocenters. The van der Waals surface area contributed by atoms with Crippen molar-refractivity contribution >= 4 is 10.9 Å². The third-order valence-electron chi connectivity index (χ3n) is 3.46. The van der Waals surface area contributed by atoms with E-state index in [4.69, 9.17) is 4.74 Å². The van der Waals surface area contributed by atoms with Gasteiger partial charge in [0.1, 0.15) is 12.1 Å². The number of ether oxygens (including phenoxy) is 1. The van der Waals surface area contributed by atoms with Gasteiger partial charge in [0, 0.05) is 0 Å². The van der Waals surface area contributed by atoms with Crippen LogP contribution in [-0.4, -0.2) is 20.2 Å². The Morgan fingerprint density at radius 3 is 2.50 bits per heavy atom. The van der Waals surface area contributed by atoms with E-state index in [0.29, 0.717) is 33.7 Å². The molecule has 0 atom stereocenters. The van der Waals surface area contributed by atoms with E-state index in [2.05, 4.69) is 9.97 Å². The van der Waals surface area contributed by atoms with Crippen LogP contribution in [0.25, 0.3) is 10.9 Å². The number of aliphatic hydroxyl groups is 2. The Balaban J connectivity index is 2.09. The lowest BCUT2D eigenvalue weighted by Crippen LogP contribution is -1.98. The van der Waals surface area contributed by atoms with E-state index >= 15 is 0 Å². The van der Waals surface area contributed by atoms with Crippen LogP contribution in [0.3, 0.4) is 0 Å². The Morgan fingerprint density at radius 2 is 1.77 bits per heavy atom. The molecule has 22 heavy (non-hydrogen) atoms. The van der Waals surface area contributed by atoms with Crippen LogP contribution in [0.4, 0.5) is 0 Å². The summed E-state index contributed by atoms with van der Waals surface area (Å²) >= 11 is 0. The van der Waals surface area contributed by atoms with Crippen LogP contribution < -0.4 is 4.74 Å². The summed E-state index contributed by atoms with van der Waals surface area (Å²) in [5.74, 6) is 1.12. The molecule has 0 aliphatic carbocycles. The highest BCUT2D eigenvalue weighted by Crippen LogP contribution is 2.29. The molecular formula is C17H16N2O3. The number of aryl methyl sites for hydroxylation is 1. The second kappa shape index (κ2) is 6.09. The summed E-state index contributed by atoms with van der Waals surface area (Å²) in [5, 5.41) is 19.5. The third kappa shape index (κ3) is 2.77. The molecule has 0 bridgehead atoms. The summed E-state index contributed by atoms with van der Waals surface area (Å²) in [4.78, 5) is 8.39. The zero-order valence-corrected chi connectivity index (χ0v) is 12.2. The lowest BCUT2D eigenvalue weighted by Gasteiger charge is -2.11. The van der Waals surface area contributed by atoms with Crippen molar-refractivity contribution in [3.05, 3.63) is 59.4 Å². The normalized spacial score (nSPS) is 10.9. The second-order valence-corrected chi connectivity index (χ2v) is 5.05. The first-order valence-corrected chi connectivity index (χ1v) is 6.94.